The van der Waals surface area contributed by atoms with Crippen molar-refractivity contribution in [1.82, 2.24) is 16.3 Å². The van der Waals surface area contributed by atoms with Gasteiger partial charge in [0.2, 0.25) is 17.7 Å². The van der Waals surface area contributed by atoms with Crippen molar-refractivity contribution < 1.29 is 29.0 Å². The van der Waals surface area contributed by atoms with Gasteiger partial charge in [-0.25, -0.2) is 5.84 Å². The number of hydrazine groups is 2. The number of carbonyl (C=O) groups is 4. The van der Waals surface area contributed by atoms with E-state index in [-0.39, 0.29) is 31.1 Å². The number of rotatable bonds is 9. The van der Waals surface area contributed by atoms with Gasteiger partial charge in [-0.05, 0) is 19.3 Å². The second-order valence-electron chi connectivity index (χ2n) is 7.13. The lowest BCUT2D eigenvalue weighted by atomic mass is 9.96. The van der Waals surface area contributed by atoms with E-state index in [1.807, 2.05) is 41.5 Å². The van der Waals surface area contributed by atoms with Gasteiger partial charge in [0.05, 0.1) is 11.8 Å². The smallest absolute Gasteiger partial charge is 0.306 e. The average Bonchev–Trinajstić information content (AvgIpc) is 3.51. The van der Waals surface area contributed by atoms with Crippen LogP contribution in [0.25, 0.3) is 0 Å². The minimum Gasteiger partial charge on any atom is -0.462 e. The van der Waals surface area contributed by atoms with Crippen LogP contribution in [-0.4, -0.2) is 41.1 Å². The van der Waals surface area contributed by atoms with Crippen molar-refractivity contribution in [3.8, 4) is 0 Å². The van der Waals surface area contributed by atoms with E-state index < -0.39 is 41.4 Å². The molecule has 0 saturated heterocycles. The van der Waals surface area contributed by atoms with E-state index in [4.69, 9.17) is 21.4 Å². The first-order valence-corrected chi connectivity index (χ1v) is 11.7. The van der Waals surface area contributed by atoms with Crippen molar-refractivity contribution in [3.63, 3.8) is 0 Å². The number of hydrogen-bond acceptors (Lipinski definition) is 8. The Morgan fingerprint density at radius 1 is 1.03 bits per heavy atom. The van der Waals surface area contributed by atoms with E-state index in [1.165, 1.54) is 0 Å². The second-order valence-corrected chi connectivity index (χ2v) is 7.13. The molecular weight excluding hydrogens is 430 g/mol. The normalized spacial score (nSPS) is 20.3. The zero-order chi connectivity index (χ0) is 26.8. The third kappa shape index (κ3) is 13.8. The zero-order valence-corrected chi connectivity index (χ0v) is 21.8. The molecule has 11 nitrogen and oxygen atoms in total. The Bertz CT molecular complexity index is 588. The fourth-order valence-corrected chi connectivity index (χ4v) is 2.92. The monoisotopic (exact) mass is 477 g/mol. The molecule has 0 radical (unpaired) electrons. The van der Waals surface area contributed by atoms with E-state index in [0.717, 1.165) is 0 Å². The number of aliphatic hydroxyl groups is 1. The Labute approximate surface area is 198 Å². The van der Waals surface area contributed by atoms with Gasteiger partial charge >= 0.3 is 5.97 Å². The van der Waals surface area contributed by atoms with Gasteiger partial charge in [0.25, 0.3) is 0 Å². The van der Waals surface area contributed by atoms with Crippen LogP contribution in [0.5, 0.6) is 0 Å². The van der Waals surface area contributed by atoms with Crippen LogP contribution < -0.4 is 27.9 Å². The summed E-state index contributed by atoms with van der Waals surface area (Å²) in [5, 5.41) is 9.00. The minimum absolute atomic E-state index is 0.0916. The van der Waals surface area contributed by atoms with Crippen LogP contribution in [0.3, 0.4) is 0 Å². The highest BCUT2D eigenvalue weighted by Gasteiger charge is 2.59. The molecule has 3 amide bonds. The number of aliphatic hydroxyl groups excluding tert-OH is 1. The van der Waals surface area contributed by atoms with E-state index in [2.05, 4.69) is 16.3 Å². The molecule has 11 heteroatoms. The lowest BCUT2D eigenvalue weighted by molar-refractivity contribution is -0.150. The summed E-state index contributed by atoms with van der Waals surface area (Å²) in [7, 11) is 0. The van der Waals surface area contributed by atoms with Crippen LogP contribution in [0, 0.1) is 17.3 Å². The highest BCUT2D eigenvalue weighted by atomic mass is 16.5. The van der Waals surface area contributed by atoms with Crippen molar-refractivity contribution in [1.29, 1.82) is 0 Å². The molecule has 0 aliphatic heterocycles. The van der Waals surface area contributed by atoms with Crippen LogP contribution >= 0.6 is 0 Å². The molecule has 0 aromatic rings. The number of esters is 1. The largest absolute Gasteiger partial charge is 0.462 e. The van der Waals surface area contributed by atoms with Gasteiger partial charge < -0.3 is 15.6 Å². The number of ether oxygens (including phenoxy) is 1. The third-order valence-electron chi connectivity index (χ3n) is 4.76. The number of hydrogen-bond donors (Lipinski definition) is 6. The van der Waals surface area contributed by atoms with E-state index >= 15 is 0 Å². The molecule has 0 heterocycles. The van der Waals surface area contributed by atoms with E-state index in [0.29, 0.717) is 6.42 Å². The summed E-state index contributed by atoms with van der Waals surface area (Å²) in [5.41, 5.74) is 11.0. The quantitative estimate of drug-likeness (QED) is 0.0941. The maximum atomic E-state index is 12.2. The lowest BCUT2D eigenvalue weighted by Crippen LogP contribution is -2.46. The van der Waals surface area contributed by atoms with Crippen LogP contribution in [0.2, 0.25) is 0 Å². The molecule has 8 N–H and O–H groups in total. The maximum Gasteiger partial charge on any atom is 0.306 e. The third-order valence-corrected chi connectivity index (χ3v) is 4.76. The Kier molecular flexibility index (Phi) is 20.6. The molecule has 1 saturated carbocycles. The Hall–Kier alpha value is -2.24. The Balaban J connectivity index is -0.00000138. The number of carbonyl (C=O) groups excluding carboxylic acids is 4. The predicted molar refractivity (Wildman–Crippen MR) is 128 cm³/mol. The van der Waals surface area contributed by atoms with Crippen molar-refractivity contribution in [3.05, 3.63) is 0 Å². The summed E-state index contributed by atoms with van der Waals surface area (Å²) in [6.45, 7) is 17.0. The molecule has 5 unspecified atom stereocenters. The van der Waals surface area contributed by atoms with Gasteiger partial charge in [-0.3, -0.25) is 35.5 Å². The topological polar surface area (TPSA) is 186 Å². The fourth-order valence-electron chi connectivity index (χ4n) is 2.92. The summed E-state index contributed by atoms with van der Waals surface area (Å²) in [4.78, 5) is 47.1. The highest BCUT2D eigenvalue weighted by molar-refractivity contribution is 5.90. The summed E-state index contributed by atoms with van der Waals surface area (Å²) >= 11 is 0. The zero-order valence-electron chi connectivity index (χ0n) is 21.8. The molecule has 0 spiro atoms. The van der Waals surface area contributed by atoms with Crippen molar-refractivity contribution in [2.45, 2.75) is 100 Å². The van der Waals surface area contributed by atoms with Crippen molar-refractivity contribution in [2.75, 3.05) is 0 Å². The second kappa shape index (κ2) is 19.2. The van der Waals surface area contributed by atoms with Crippen molar-refractivity contribution >= 4 is 23.7 Å². The number of nitrogens with one attached hydrogen (secondary N) is 3. The molecule has 196 valence electrons. The molecule has 1 rings (SSSR count). The lowest BCUT2D eigenvalue weighted by Gasteiger charge is -2.16. The first kappa shape index (κ1) is 35.4. The van der Waals surface area contributed by atoms with Gasteiger partial charge in [0.1, 0.15) is 12.3 Å². The summed E-state index contributed by atoms with van der Waals surface area (Å²) in [6, 6.07) is 0. The Morgan fingerprint density at radius 3 is 2.00 bits per heavy atom. The maximum absolute atomic E-state index is 12.2. The standard InChI is InChI=1S/C16H29N5O6.3C2H6/c1-8(6-11(17)22)27-13(24)5-4-12(23)20-21-15(26)16(3)7-10(16)9(2)14(25)19-18;3*1-2/h8-11,22H,4-7,17-18H2,1-3H3,(H,19,25)(H,20,23)(H,21,26);3*1-2H3. The molecule has 0 bridgehead atoms. The summed E-state index contributed by atoms with van der Waals surface area (Å²) in [5.74, 6) is 2.57. The molecular formula is C22H47N5O6. The first-order valence-electron chi connectivity index (χ1n) is 11.7. The number of amides is 3. The molecule has 1 aliphatic rings. The van der Waals surface area contributed by atoms with Gasteiger partial charge in [-0.2, -0.15) is 0 Å². The van der Waals surface area contributed by atoms with Crippen LogP contribution in [0.4, 0.5) is 0 Å². The molecule has 5 atom stereocenters. The van der Waals surface area contributed by atoms with Gasteiger partial charge in [-0.1, -0.05) is 55.4 Å². The average molecular weight is 478 g/mol. The van der Waals surface area contributed by atoms with Crippen LogP contribution in [0.15, 0.2) is 0 Å². The van der Waals surface area contributed by atoms with Crippen LogP contribution in [-0.2, 0) is 23.9 Å². The molecule has 0 aromatic heterocycles. The van der Waals surface area contributed by atoms with E-state index in [1.54, 1.807) is 20.8 Å². The molecule has 33 heavy (non-hydrogen) atoms. The first-order chi connectivity index (χ1) is 15.5. The van der Waals surface area contributed by atoms with Crippen molar-refractivity contribution in [2.24, 2.45) is 28.8 Å². The fraction of sp³-hybridized carbons (Fsp3) is 0.818. The summed E-state index contributed by atoms with van der Waals surface area (Å²) < 4.78 is 4.98. The number of nitrogens with two attached hydrogens (primary N) is 2. The summed E-state index contributed by atoms with van der Waals surface area (Å²) in [6.07, 6.45) is -1.42. The van der Waals surface area contributed by atoms with Gasteiger partial charge in [0.15, 0.2) is 0 Å². The van der Waals surface area contributed by atoms with Gasteiger partial charge in [0, 0.05) is 18.8 Å². The Morgan fingerprint density at radius 2 is 1.55 bits per heavy atom. The molecule has 1 fully saturated rings. The SMILES string of the molecule is CC.CC.CC.CC(CC(N)O)OC(=O)CCC(=O)NNC(=O)C1(C)CC1C(C)C(=O)NN. The van der Waals surface area contributed by atoms with Gasteiger partial charge in [-0.15, -0.1) is 0 Å². The van der Waals surface area contributed by atoms with E-state index in [9.17, 15) is 19.2 Å². The minimum atomic E-state index is -1.09. The molecule has 1 aliphatic carbocycles. The highest BCUT2D eigenvalue weighted by Crippen LogP contribution is 2.56. The van der Waals surface area contributed by atoms with Crippen LogP contribution in [0.1, 0.15) is 88.0 Å². The molecule has 0 aromatic carbocycles. The predicted octanol–water partition coefficient (Wildman–Crippen LogP) is 1.24.